The van der Waals surface area contributed by atoms with Crippen molar-refractivity contribution in [3.05, 3.63) is 0 Å². The van der Waals surface area contributed by atoms with Crippen LogP contribution in [0.1, 0.15) is 52.4 Å². The smallest absolute Gasteiger partial charge is 0.323 e. The summed E-state index contributed by atoms with van der Waals surface area (Å²) in [5.41, 5.74) is 0. The van der Waals surface area contributed by atoms with Crippen LogP contribution >= 0.6 is 0 Å². The number of hydrogen-bond donors (Lipinski definition) is 1. The van der Waals surface area contributed by atoms with Crippen LogP contribution in [-0.4, -0.2) is 25.2 Å². The first-order valence-corrected chi connectivity index (χ1v) is 7.47. The minimum absolute atomic E-state index is 0.103. The first kappa shape index (κ1) is 13.9. The van der Waals surface area contributed by atoms with Crippen LogP contribution in [0.4, 0.5) is 0 Å². The minimum atomic E-state index is -0.138. The van der Waals surface area contributed by atoms with Gasteiger partial charge in [-0.1, -0.05) is 26.7 Å². The van der Waals surface area contributed by atoms with Gasteiger partial charge in [0.2, 0.25) is 0 Å². The molecular formula is C15H27NO2. The largest absolute Gasteiger partial charge is 0.468 e. The summed E-state index contributed by atoms with van der Waals surface area (Å²) in [6.07, 6.45) is 8.06. The zero-order valence-electron chi connectivity index (χ0n) is 11.9. The van der Waals surface area contributed by atoms with Crippen molar-refractivity contribution < 1.29 is 9.53 Å². The second-order valence-electron chi connectivity index (χ2n) is 6.32. The highest BCUT2D eigenvalue weighted by Gasteiger charge is 2.38. The molecule has 0 spiro atoms. The van der Waals surface area contributed by atoms with E-state index in [1.54, 1.807) is 0 Å². The number of hydrogen-bond acceptors (Lipinski definition) is 3. The van der Waals surface area contributed by atoms with Crippen molar-refractivity contribution in [2.75, 3.05) is 7.11 Å². The summed E-state index contributed by atoms with van der Waals surface area (Å²) in [4.78, 5) is 11.9. The summed E-state index contributed by atoms with van der Waals surface area (Å²) < 4.78 is 4.94. The first-order valence-electron chi connectivity index (χ1n) is 7.47. The highest BCUT2D eigenvalue weighted by atomic mass is 16.5. The molecular weight excluding hydrogens is 226 g/mol. The van der Waals surface area contributed by atoms with Crippen molar-refractivity contribution in [1.29, 1.82) is 0 Å². The summed E-state index contributed by atoms with van der Waals surface area (Å²) >= 11 is 0. The molecule has 2 saturated carbocycles. The van der Waals surface area contributed by atoms with E-state index in [0.717, 1.165) is 11.8 Å². The SMILES string of the molecule is COC(=O)[C@@H](NC(C1CCC1)C1CCC1)C(C)C. The average Bonchev–Trinajstić information content (AvgIpc) is 2.19. The summed E-state index contributed by atoms with van der Waals surface area (Å²) in [5, 5.41) is 3.63. The molecule has 3 heteroatoms. The standard InChI is InChI=1S/C15H27NO2/c1-10(2)13(15(17)18-3)16-14(11-6-4-7-11)12-8-5-9-12/h10-14,16H,4-9H2,1-3H3/t13-/m0/s1. The van der Waals surface area contributed by atoms with Gasteiger partial charge in [0.05, 0.1) is 7.11 Å². The van der Waals surface area contributed by atoms with Gasteiger partial charge in [-0.3, -0.25) is 4.79 Å². The molecule has 0 aromatic carbocycles. The second kappa shape index (κ2) is 6.05. The molecule has 3 nitrogen and oxygen atoms in total. The van der Waals surface area contributed by atoms with Gasteiger partial charge in [-0.25, -0.2) is 0 Å². The Bertz CT molecular complexity index is 268. The first-order chi connectivity index (χ1) is 8.63. The molecule has 0 saturated heterocycles. The van der Waals surface area contributed by atoms with E-state index in [1.807, 2.05) is 0 Å². The molecule has 0 aromatic heterocycles. The van der Waals surface area contributed by atoms with Gasteiger partial charge < -0.3 is 10.1 Å². The van der Waals surface area contributed by atoms with Gasteiger partial charge in [-0.05, 0) is 43.4 Å². The molecule has 0 aromatic rings. The quantitative estimate of drug-likeness (QED) is 0.740. The van der Waals surface area contributed by atoms with Gasteiger partial charge in [-0.15, -0.1) is 0 Å². The molecule has 2 aliphatic carbocycles. The van der Waals surface area contributed by atoms with Crippen molar-refractivity contribution in [3.8, 4) is 0 Å². The molecule has 18 heavy (non-hydrogen) atoms. The van der Waals surface area contributed by atoms with Crippen LogP contribution in [0.3, 0.4) is 0 Å². The number of ether oxygens (including phenoxy) is 1. The molecule has 1 N–H and O–H groups in total. The lowest BCUT2D eigenvalue weighted by molar-refractivity contribution is -0.145. The maximum atomic E-state index is 11.9. The Morgan fingerprint density at radius 2 is 1.61 bits per heavy atom. The Morgan fingerprint density at radius 1 is 1.11 bits per heavy atom. The van der Waals surface area contributed by atoms with Gasteiger partial charge in [-0.2, -0.15) is 0 Å². The van der Waals surface area contributed by atoms with Crippen molar-refractivity contribution in [2.24, 2.45) is 17.8 Å². The third-order valence-corrected chi connectivity index (χ3v) is 4.81. The predicted molar refractivity (Wildman–Crippen MR) is 72.2 cm³/mol. The summed E-state index contributed by atoms with van der Waals surface area (Å²) in [6.45, 7) is 4.18. The molecule has 2 rings (SSSR count). The maximum absolute atomic E-state index is 11.9. The highest BCUT2D eigenvalue weighted by Crippen LogP contribution is 2.40. The van der Waals surface area contributed by atoms with Crippen molar-refractivity contribution in [1.82, 2.24) is 5.32 Å². The lowest BCUT2D eigenvalue weighted by Gasteiger charge is -2.44. The molecule has 104 valence electrons. The van der Waals surface area contributed by atoms with Gasteiger partial charge in [0.15, 0.2) is 0 Å². The van der Waals surface area contributed by atoms with E-state index in [-0.39, 0.29) is 12.0 Å². The third kappa shape index (κ3) is 2.87. The number of esters is 1. The Balaban J connectivity index is 1.98. The van der Waals surface area contributed by atoms with Crippen LogP contribution in [0.25, 0.3) is 0 Å². The average molecular weight is 253 g/mol. The summed E-state index contributed by atoms with van der Waals surface area (Å²) in [7, 11) is 1.49. The fourth-order valence-electron chi connectivity index (χ4n) is 3.12. The van der Waals surface area contributed by atoms with Crippen LogP contribution in [0.2, 0.25) is 0 Å². The Labute approximate surface area is 111 Å². The van der Waals surface area contributed by atoms with Gasteiger partial charge in [0.25, 0.3) is 0 Å². The lowest BCUT2D eigenvalue weighted by atomic mass is 9.68. The molecule has 0 unspecified atom stereocenters. The van der Waals surface area contributed by atoms with E-state index >= 15 is 0 Å². The molecule has 0 aliphatic heterocycles. The molecule has 2 fully saturated rings. The van der Waals surface area contributed by atoms with Gasteiger partial charge >= 0.3 is 5.97 Å². The van der Waals surface area contributed by atoms with Crippen molar-refractivity contribution in [2.45, 2.75) is 64.5 Å². The zero-order chi connectivity index (χ0) is 13.1. The fraction of sp³-hybridized carbons (Fsp3) is 0.933. The van der Waals surface area contributed by atoms with E-state index in [4.69, 9.17) is 4.74 Å². The van der Waals surface area contributed by atoms with E-state index in [9.17, 15) is 4.79 Å². The van der Waals surface area contributed by atoms with Crippen LogP contribution in [0, 0.1) is 17.8 Å². The van der Waals surface area contributed by atoms with E-state index < -0.39 is 0 Å². The van der Waals surface area contributed by atoms with E-state index in [0.29, 0.717) is 12.0 Å². The van der Waals surface area contributed by atoms with E-state index in [2.05, 4.69) is 19.2 Å². The van der Waals surface area contributed by atoms with Gasteiger partial charge in [0, 0.05) is 6.04 Å². The molecule has 0 radical (unpaired) electrons. The molecule has 0 bridgehead atoms. The summed E-state index contributed by atoms with van der Waals surface area (Å²) in [6, 6.07) is 0.403. The van der Waals surface area contributed by atoms with Crippen LogP contribution < -0.4 is 5.32 Å². The highest BCUT2D eigenvalue weighted by molar-refractivity contribution is 5.76. The monoisotopic (exact) mass is 253 g/mol. The number of carbonyl (C=O) groups is 1. The zero-order valence-corrected chi connectivity index (χ0v) is 11.9. The molecule has 2 aliphatic rings. The maximum Gasteiger partial charge on any atom is 0.323 e. The topological polar surface area (TPSA) is 38.3 Å². The van der Waals surface area contributed by atoms with Gasteiger partial charge in [0.1, 0.15) is 6.04 Å². The van der Waals surface area contributed by atoms with Crippen molar-refractivity contribution >= 4 is 5.97 Å². The Hall–Kier alpha value is -0.570. The van der Waals surface area contributed by atoms with E-state index in [1.165, 1.54) is 45.6 Å². The third-order valence-electron chi connectivity index (χ3n) is 4.81. The van der Waals surface area contributed by atoms with Crippen LogP contribution in [-0.2, 0) is 9.53 Å². The molecule has 1 atom stereocenters. The lowest BCUT2D eigenvalue weighted by Crippen LogP contribution is -2.55. The van der Waals surface area contributed by atoms with Crippen molar-refractivity contribution in [3.63, 3.8) is 0 Å². The fourth-order valence-corrected chi connectivity index (χ4v) is 3.12. The number of methoxy groups -OCH3 is 1. The Morgan fingerprint density at radius 3 is 1.89 bits per heavy atom. The minimum Gasteiger partial charge on any atom is -0.468 e. The normalized spacial score (nSPS) is 22.7. The molecule has 0 amide bonds. The number of rotatable bonds is 6. The summed E-state index contributed by atoms with van der Waals surface area (Å²) in [5.74, 6) is 1.77. The second-order valence-corrected chi connectivity index (χ2v) is 6.32. The number of carbonyl (C=O) groups excluding carboxylic acids is 1. The number of nitrogens with one attached hydrogen (secondary N) is 1. The molecule has 0 heterocycles. The van der Waals surface area contributed by atoms with Crippen LogP contribution in [0.15, 0.2) is 0 Å². The predicted octanol–water partition coefficient (Wildman–Crippen LogP) is 2.74. The Kier molecular flexibility index (Phi) is 4.66. The van der Waals surface area contributed by atoms with Crippen LogP contribution in [0.5, 0.6) is 0 Å².